The van der Waals surface area contributed by atoms with Crippen molar-refractivity contribution >= 4 is 0 Å². The summed E-state index contributed by atoms with van der Waals surface area (Å²) in [5.74, 6) is -0.347. The molecule has 2 N–H and O–H groups in total. The first-order valence-corrected chi connectivity index (χ1v) is 6.23. The third-order valence-electron chi connectivity index (χ3n) is 3.28. The number of nitrogens with one attached hydrogen (secondary N) is 1. The van der Waals surface area contributed by atoms with E-state index in [2.05, 4.69) is 11.6 Å². The maximum Gasteiger partial charge on any atom is 0.331 e. The molecule has 5 nitrogen and oxygen atoms in total. The second-order valence-electron chi connectivity index (χ2n) is 4.62. The third-order valence-corrected chi connectivity index (χ3v) is 3.28. The van der Waals surface area contributed by atoms with E-state index in [0.717, 1.165) is 10.1 Å². The van der Waals surface area contributed by atoms with Crippen LogP contribution in [-0.4, -0.2) is 14.7 Å². The molecule has 1 unspecified atom stereocenters. The Morgan fingerprint density at radius 3 is 2.60 bits per heavy atom. The first kappa shape index (κ1) is 13.9. The minimum Gasteiger partial charge on any atom is -0.494 e. The van der Waals surface area contributed by atoms with Crippen LogP contribution in [0.15, 0.2) is 46.5 Å². The molecular weight excluding hydrogens is 256 g/mol. The van der Waals surface area contributed by atoms with Crippen LogP contribution >= 0.6 is 0 Å². The maximum absolute atomic E-state index is 12.0. The molecule has 0 radical (unpaired) electrons. The normalized spacial score (nSPS) is 12.1. The topological polar surface area (TPSA) is 75.1 Å². The summed E-state index contributed by atoms with van der Waals surface area (Å²) >= 11 is 0. The Balaban J connectivity index is 2.85. The van der Waals surface area contributed by atoms with Crippen molar-refractivity contribution in [3.8, 4) is 17.0 Å². The van der Waals surface area contributed by atoms with E-state index in [1.54, 1.807) is 19.1 Å². The van der Waals surface area contributed by atoms with E-state index in [0.29, 0.717) is 5.56 Å². The highest BCUT2D eigenvalue weighted by molar-refractivity contribution is 5.70. The molecule has 2 rings (SSSR count). The summed E-state index contributed by atoms with van der Waals surface area (Å²) in [6.45, 7) is 7.14. The Kier molecular flexibility index (Phi) is 3.61. The van der Waals surface area contributed by atoms with Gasteiger partial charge in [0.2, 0.25) is 5.88 Å². The van der Waals surface area contributed by atoms with Crippen molar-refractivity contribution in [3.63, 3.8) is 0 Å². The van der Waals surface area contributed by atoms with Crippen LogP contribution in [0, 0.1) is 6.92 Å². The van der Waals surface area contributed by atoms with Gasteiger partial charge >= 0.3 is 5.69 Å². The zero-order chi connectivity index (χ0) is 14.9. The van der Waals surface area contributed by atoms with Crippen LogP contribution in [0.4, 0.5) is 0 Å². The number of aromatic amines is 1. The summed E-state index contributed by atoms with van der Waals surface area (Å²) < 4.78 is 1.11. The molecule has 0 aliphatic heterocycles. The number of nitrogens with zero attached hydrogens (tertiary/aromatic N) is 1. The smallest absolute Gasteiger partial charge is 0.331 e. The van der Waals surface area contributed by atoms with Gasteiger partial charge in [-0.1, -0.05) is 30.3 Å². The van der Waals surface area contributed by atoms with Gasteiger partial charge in [-0.2, -0.15) is 0 Å². The van der Waals surface area contributed by atoms with E-state index >= 15 is 0 Å². The Morgan fingerprint density at radius 1 is 1.35 bits per heavy atom. The molecule has 0 fully saturated rings. The van der Waals surface area contributed by atoms with Crippen LogP contribution in [-0.2, 0) is 0 Å². The molecular formula is C15H16N2O3. The Bertz CT molecular complexity index is 771. The molecule has 0 saturated heterocycles. The second kappa shape index (κ2) is 5.21. The number of hydrogen-bond acceptors (Lipinski definition) is 3. The molecule has 1 heterocycles. The molecule has 1 aromatic heterocycles. The van der Waals surface area contributed by atoms with Gasteiger partial charge in [-0.05, 0) is 25.0 Å². The van der Waals surface area contributed by atoms with E-state index in [4.69, 9.17) is 0 Å². The van der Waals surface area contributed by atoms with Gasteiger partial charge in [0.1, 0.15) is 5.56 Å². The third kappa shape index (κ3) is 2.18. The quantitative estimate of drug-likeness (QED) is 0.839. The number of aromatic hydroxyl groups is 1. The molecule has 20 heavy (non-hydrogen) atoms. The van der Waals surface area contributed by atoms with Crippen molar-refractivity contribution in [2.45, 2.75) is 19.9 Å². The van der Waals surface area contributed by atoms with E-state index in [1.807, 2.05) is 19.1 Å². The van der Waals surface area contributed by atoms with E-state index in [1.165, 1.54) is 6.08 Å². The molecule has 5 heteroatoms. The first-order chi connectivity index (χ1) is 9.47. The predicted molar refractivity (Wildman–Crippen MR) is 78.1 cm³/mol. The van der Waals surface area contributed by atoms with Crippen LogP contribution in [0.3, 0.4) is 0 Å². The molecule has 0 bridgehead atoms. The lowest BCUT2D eigenvalue weighted by Crippen LogP contribution is -2.32. The monoisotopic (exact) mass is 272 g/mol. The average Bonchev–Trinajstić information content (AvgIpc) is 2.40. The number of benzene rings is 1. The standard InChI is InChI=1S/C15H16N2O3/c1-4-10(3)17-14(19)12(13(18)16-15(17)20)11-8-6-5-7-9(11)2/h4-8,10,19H,1H2,2-3H3,(H,16,18,20). The van der Waals surface area contributed by atoms with Crippen molar-refractivity contribution in [2.24, 2.45) is 0 Å². The number of aryl methyl sites for hydroxylation is 1. The van der Waals surface area contributed by atoms with Crippen molar-refractivity contribution in [1.29, 1.82) is 0 Å². The molecule has 104 valence electrons. The van der Waals surface area contributed by atoms with Crippen molar-refractivity contribution in [1.82, 2.24) is 9.55 Å². The minimum atomic E-state index is -0.655. The summed E-state index contributed by atoms with van der Waals surface area (Å²) in [5, 5.41) is 10.3. The average molecular weight is 272 g/mol. The Labute approximate surface area is 115 Å². The van der Waals surface area contributed by atoms with Crippen molar-refractivity contribution < 1.29 is 5.11 Å². The molecule has 1 atom stereocenters. The van der Waals surface area contributed by atoms with Gasteiger partial charge in [0.25, 0.3) is 5.56 Å². The van der Waals surface area contributed by atoms with Gasteiger partial charge in [0, 0.05) is 0 Å². The first-order valence-electron chi connectivity index (χ1n) is 6.23. The van der Waals surface area contributed by atoms with Crippen LogP contribution in [0.5, 0.6) is 5.88 Å². The fourth-order valence-electron chi connectivity index (χ4n) is 2.12. The molecule has 0 aliphatic carbocycles. The van der Waals surface area contributed by atoms with Gasteiger partial charge in [-0.25, -0.2) is 4.79 Å². The highest BCUT2D eigenvalue weighted by Gasteiger charge is 2.19. The summed E-state index contributed by atoms with van der Waals surface area (Å²) in [7, 11) is 0. The molecule has 0 aliphatic rings. The number of rotatable bonds is 3. The number of allylic oxidation sites excluding steroid dienone is 1. The lowest BCUT2D eigenvalue weighted by molar-refractivity contribution is 0.395. The Hall–Kier alpha value is -2.56. The van der Waals surface area contributed by atoms with Gasteiger partial charge in [-0.3, -0.25) is 14.3 Å². The second-order valence-corrected chi connectivity index (χ2v) is 4.62. The van der Waals surface area contributed by atoms with Crippen LogP contribution in [0.2, 0.25) is 0 Å². The van der Waals surface area contributed by atoms with Gasteiger partial charge in [0.05, 0.1) is 6.04 Å². The number of aromatic nitrogens is 2. The Morgan fingerprint density at radius 2 is 2.00 bits per heavy atom. The zero-order valence-corrected chi connectivity index (χ0v) is 11.4. The fourth-order valence-corrected chi connectivity index (χ4v) is 2.12. The molecule has 2 aromatic rings. The largest absolute Gasteiger partial charge is 0.494 e. The molecule has 1 aromatic carbocycles. The lowest BCUT2D eigenvalue weighted by Gasteiger charge is -2.15. The summed E-state index contributed by atoms with van der Waals surface area (Å²) in [6, 6.07) is 6.75. The maximum atomic E-state index is 12.0. The van der Waals surface area contributed by atoms with E-state index in [9.17, 15) is 14.7 Å². The van der Waals surface area contributed by atoms with Crippen molar-refractivity contribution in [2.75, 3.05) is 0 Å². The molecule has 0 spiro atoms. The number of H-pyrrole nitrogens is 1. The highest BCUT2D eigenvalue weighted by Crippen LogP contribution is 2.28. The van der Waals surface area contributed by atoms with Crippen molar-refractivity contribution in [3.05, 3.63) is 63.3 Å². The fraction of sp³-hybridized carbons (Fsp3) is 0.200. The summed E-state index contributed by atoms with van der Waals surface area (Å²) in [4.78, 5) is 26.1. The van der Waals surface area contributed by atoms with Crippen LogP contribution < -0.4 is 11.2 Å². The molecule has 0 saturated carbocycles. The summed E-state index contributed by atoms with van der Waals surface area (Å²) in [6.07, 6.45) is 1.51. The predicted octanol–water partition coefficient (Wildman–Crippen LogP) is 1.96. The van der Waals surface area contributed by atoms with Gasteiger partial charge in [0.15, 0.2) is 0 Å². The van der Waals surface area contributed by atoms with Crippen LogP contribution in [0.25, 0.3) is 11.1 Å². The minimum absolute atomic E-state index is 0.0939. The molecule has 0 amide bonds. The lowest BCUT2D eigenvalue weighted by atomic mass is 10.0. The zero-order valence-electron chi connectivity index (χ0n) is 11.4. The van der Waals surface area contributed by atoms with Gasteiger partial charge < -0.3 is 5.11 Å². The SMILES string of the molecule is C=CC(C)n1c(O)c(-c2ccccc2C)c(=O)[nH]c1=O. The summed E-state index contributed by atoms with van der Waals surface area (Å²) in [5.41, 5.74) is 0.268. The van der Waals surface area contributed by atoms with Gasteiger partial charge in [-0.15, -0.1) is 6.58 Å². The van der Waals surface area contributed by atoms with E-state index in [-0.39, 0.29) is 11.4 Å². The van der Waals surface area contributed by atoms with Crippen LogP contribution in [0.1, 0.15) is 18.5 Å². The van der Waals surface area contributed by atoms with E-state index < -0.39 is 17.3 Å². The number of hydrogen-bond donors (Lipinski definition) is 2. The highest BCUT2D eigenvalue weighted by atomic mass is 16.3.